The van der Waals surface area contributed by atoms with Gasteiger partial charge in [-0.05, 0) is 77.0 Å². The minimum absolute atomic E-state index is 0.0691. The quantitative estimate of drug-likeness (QED) is 0.0154. The van der Waals surface area contributed by atoms with Crippen LogP contribution < -0.4 is 86.7 Å². The molecule has 0 saturated carbocycles. The Hall–Kier alpha value is -9.29. The molecule has 0 aliphatic carbocycles. The largest absolute Gasteiger partial charge is 0.480 e. The molecule has 37 nitrogen and oxygen atoms in total. The molecular weight excluding hydrogens is 1200 g/mol. The van der Waals surface area contributed by atoms with E-state index in [-0.39, 0.29) is 64.1 Å². The monoisotopic (exact) mass is 1290 g/mol. The average molecular weight is 1290 g/mol. The number of rotatable bonds is 39. The first-order valence-electron chi connectivity index (χ1n) is 29.8. The first-order valence-corrected chi connectivity index (χ1v) is 29.8. The molecule has 91 heavy (non-hydrogen) atoms. The summed E-state index contributed by atoms with van der Waals surface area (Å²) < 4.78 is 0. The molecule has 0 aromatic carbocycles. The highest BCUT2D eigenvalue weighted by Gasteiger charge is 2.41. The predicted molar refractivity (Wildman–Crippen MR) is 319 cm³/mol. The second kappa shape index (κ2) is 39.0. The summed E-state index contributed by atoms with van der Waals surface area (Å²) in [4.78, 5) is 210. The first-order chi connectivity index (χ1) is 42.7. The van der Waals surface area contributed by atoms with Crippen molar-refractivity contribution in [1.29, 1.82) is 5.41 Å². The van der Waals surface area contributed by atoms with Gasteiger partial charge in [-0.25, -0.2) is 4.79 Å². The Balaban J connectivity index is 2.08. The third-order valence-electron chi connectivity index (χ3n) is 14.7. The lowest BCUT2D eigenvalue weighted by Gasteiger charge is -2.30. The predicted octanol–water partition coefficient (Wildman–Crippen LogP) is -9.23. The number of nitrogens with zero attached hydrogens (tertiary/aromatic N) is 2. The van der Waals surface area contributed by atoms with Crippen LogP contribution in [0.3, 0.4) is 0 Å². The summed E-state index contributed by atoms with van der Waals surface area (Å²) in [5.74, 6) is -15.5. The van der Waals surface area contributed by atoms with E-state index in [2.05, 4.69) is 63.8 Å². The van der Waals surface area contributed by atoms with Crippen molar-refractivity contribution in [3.05, 3.63) is 0 Å². The Labute approximate surface area is 524 Å². The molecule has 2 rings (SSSR count). The Bertz CT molecular complexity index is 2660. The number of amides is 15. The number of likely N-dealkylation sites (tertiary alicyclic amines) is 2. The van der Waals surface area contributed by atoms with Gasteiger partial charge < -0.3 is 107 Å². The summed E-state index contributed by atoms with van der Waals surface area (Å²) in [5.41, 5.74) is 21.3. The molecule has 510 valence electrons. The number of hydrogen-bond donors (Lipinski definition) is 19. The maximum atomic E-state index is 13.7. The van der Waals surface area contributed by atoms with Gasteiger partial charge in [-0.2, -0.15) is 0 Å². The number of aliphatic carboxylic acids is 1. The summed E-state index contributed by atoms with van der Waals surface area (Å²) >= 11 is 0. The molecule has 0 bridgehead atoms. The molecule has 2 heterocycles. The standard InChI is InChI=1S/C54H91N19O18/c1-7-27(4)43(51(88)65-28(5)45(82)61-22-38(78)66-32(15-17-36(57)76)48(85)67-30(11-8-18-60-54(58)59)46(83)62-23-39(79)70-42(26(2)3)53(90)91)71-40(80)24-63-47(84)31(14-16-35(56)75)68-50(87)34-13-9-19-72(34)41(81)25-64-49(86)33-12-10-20-73(33)52(89)44(29(6)74)69-37(77)21-55/h26-34,42-44,74H,7-25,55H2,1-6H3,(H2,56,75)(H2,57,76)(H,61,82)(H,62,83)(H,63,84)(H,64,86)(H,65,88)(H,66,78)(H,67,85)(H,68,87)(H,69,77)(H,70,79)(H,71,80)(H,90,91)(H4,58,59,60)/t27-,28-,29+,30-,31-,32-,33-,34-,42-,43-,44-/m0/s1. The molecule has 37 heteroatoms. The topological polar surface area (TPSA) is 592 Å². The van der Waals surface area contributed by atoms with Crippen molar-refractivity contribution in [2.45, 2.75) is 173 Å². The van der Waals surface area contributed by atoms with Gasteiger partial charge in [-0.15, -0.1) is 0 Å². The van der Waals surface area contributed by atoms with E-state index in [9.17, 15) is 86.9 Å². The van der Waals surface area contributed by atoms with Crippen molar-refractivity contribution in [2.75, 3.05) is 52.4 Å². The number of nitrogens with two attached hydrogens (primary N) is 4. The molecule has 23 N–H and O–H groups in total. The third kappa shape index (κ3) is 27.1. The van der Waals surface area contributed by atoms with Crippen LogP contribution in [0, 0.1) is 17.2 Å². The van der Waals surface area contributed by atoms with E-state index < -0.39 is 212 Å². The minimum Gasteiger partial charge on any atom is -0.480 e. The van der Waals surface area contributed by atoms with Gasteiger partial charge in [0.05, 0.1) is 38.8 Å². The Kier molecular flexibility index (Phi) is 33.3. The van der Waals surface area contributed by atoms with E-state index in [1.165, 1.54) is 23.6 Å². The Morgan fingerprint density at radius 2 is 1.01 bits per heavy atom. The van der Waals surface area contributed by atoms with E-state index in [0.717, 1.165) is 0 Å². The number of hydrogen-bond acceptors (Lipinski definition) is 19. The van der Waals surface area contributed by atoms with Crippen LogP contribution in [-0.2, 0) is 76.7 Å². The molecule has 2 aliphatic rings. The van der Waals surface area contributed by atoms with Crippen molar-refractivity contribution in [1.82, 2.24) is 73.6 Å². The SMILES string of the molecule is CC[C@H](C)[C@H](NC(=O)CNC(=O)[C@H](CCC(N)=O)NC(=O)[C@@H]1CCCN1C(=O)CNC(=O)[C@@H]1CCCN1C(=O)[C@@H](NC(=O)CN)[C@@H](C)O)C(=O)N[C@@H](C)C(=O)NCC(=O)N[C@@H](CCC(N)=O)C(=O)N[C@@H](CCCNC(=N)N)C(=O)NCC(=O)N[C@H](C(=O)O)C(C)C. The zero-order valence-electron chi connectivity index (χ0n) is 52.0. The van der Waals surface area contributed by atoms with Gasteiger partial charge in [0.15, 0.2) is 5.96 Å². The number of carboxylic acid groups (broad SMARTS) is 1. The summed E-state index contributed by atoms with van der Waals surface area (Å²) in [5, 5.41) is 55.8. The van der Waals surface area contributed by atoms with Crippen LogP contribution in [0.5, 0.6) is 0 Å². The van der Waals surface area contributed by atoms with E-state index in [4.69, 9.17) is 28.3 Å². The van der Waals surface area contributed by atoms with Gasteiger partial charge in [0, 0.05) is 32.5 Å². The van der Waals surface area contributed by atoms with E-state index in [1.54, 1.807) is 27.7 Å². The third-order valence-corrected chi connectivity index (χ3v) is 14.7. The van der Waals surface area contributed by atoms with Crippen LogP contribution in [0.15, 0.2) is 0 Å². The first kappa shape index (κ1) is 77.8. The van der Waals surface area contributed by atoms with Crippen LogP contribution >= 0.6 is 0 Å². The van der Waals surface area contributed by atoms with Gasteiger partial charge in [0.25, 0.3) is 0 Å². The number of carbonyl (C=O) groups is 16. The molecular formula is C54H91N19O18. The number of carbonyl (C=O) groups excluding carboxylic acids is 15. The number of nitrogens with one attached hydrogen (secondary N) is 13. The highest BCUT2D eigenvalue weighted by Crippen LogP contribution is 2.21. The van der Waals surface area contributed by atoms with Gasteiger partial charge in [-0.1, -0.05) is 34.1 Å². The number of guanidine groups is 1. The fraction of sp³-hybridized carbons (Fsp3) is 0.685. The lowest BCUT2D eigenvalue weighted by atomic mass is 9.98. The lowest BCUT2D eigenvalue weighted by molar-refractivity contribution is -0.144. The summed E-state index contributed by atoms with van der Waals surface area (Å²) in [6, 6.07) is -12.0. The molecule has 0 aromatic rings. The van der Waals surface area contributed by atoms with E-state index in [0.29, 0.717) is 19.3 Å². The molecule has 0 unspecified atom stereocenters. The molecule has 11 atom stereocenters. The second-order valence-corrected chi connectivity index (χ2v) is 22.3. The van der Waals surface area contributed by atoms with Crippen LogP contribution in [0.1, 0.15) is 112 Å². The van der Waals surface area contributed by atoms with Crippen LogP contribution in [0.2, 0.25) is 0 Å². The van der Waals surface area contributed by atoms with Gasteiger partial charge in [0.1, 0.15) is 54.4 Å². The van der Waals surface area contributed by atoms with Crippen LogP contribution in [0.4, 0.5) is 0 Å². The molecule has 0 spiro atoms. The van der Waals surface area contributed by atoms with Crippen molar-refractivity contribution < 1.29 is 86.9 Å². The van der Waals surface area contributed by atoms with Crippen molar-refractivity contribution in [3.8, 4) is 0 Å². The van der Waals surface area contributed by atoms with Gasteiger partial charge in [-0.3, -0.25) is 77.3 Å². The Morgan fingerprint density at radius 3 is 1.51 bits per heavy atom. The Morgan fingerprint density at radius 1 is 0.527 bits per heavy atom. The number of aliphatic hydroxyl groups excluding tert-OH is 1. The average Bonchev–Trinajstić information content (AvgIpc) is 3.82. The van der Waals surface area contributed by atoms with Gasteiger partial charge >= 0.3 is 5.97 Å². The molecule has 2 fully saturated rings. The highest BCUT2D eigenvalue weighted by atomic mass is 16.4. The van der Waals surface area contributed by atoms with Crippen molar-refractivity contribution in [3.63, 3.8) is 0 Å². The molecule has 2 aliphatic heterocycles. The van der Waals surface area contributed by atoms with E-state index in [1.807, 2.05) is 0 Å². The maximum absolute atomic E-state index is 13.7. The zero-order valence-corrected chi connectivity index (χ0v) is 52.0. The number of carboxylic acids is 1. The maximum Gasteiger partial charge on any atom is 0.326 e. The number of aliphatic hydroxyl groups is 1. The normalized spacial score (nSPS) is 17.2. The smallest absolute Gasteiger partial charge is 0.326 e. The molecule has 15 amide bonds. The summed E-state index contributed by atoms with van der Waals surface area (Å²) in [7, 11) is 0. The summed E-state index contributed by atoms with van der Waals surface area (Å²) in [6.07, 6.45) is -1.50. The van der Waals surface area contributed by atoms with Crippen molar-refractivity contribution in [2.24, 2.45) is 34.8 Å². The highest BCUT2D eigenvalue weighted by molar-refractivity contribution is 5.99. The van der Waals surface area contributed by atoms with Crippen LogP contribution in [-0.4, -0.2) is 233 Å². The molecule has 0 aromatic heterocycles. The van der Waals surface area contributed by atoms with Crippen molar-refractivity contribution >= 4 is 101 Å². The zero-order chi connectivity index (χ0) is 68.8. The summed E-state index contributed by atoms with van der Waals surface area (Å²) in [6.45, 7) is 5.90. The van der Waals surface area contributed by atoms with Gasteiger partial charge in [0.2, 0.25) is 88.6 Å². The fourth-order valence-electron chi connectivity index (χ4n) is 9.45. The lowest BCUT2D eigenvalue weighted by Crippen LogP contribution is -2.58. The van der Waals surface area contributed by atoms with Crippen LogP contribution in [0.25, 0.3) is 0 Å². The molecule has 2 saturated heterocycles. The van der Waals surface area contributed by atoms with E-state index >= 15 is 0 Å². The fourth-order valence-corrected chi connectivity index (χ4v) is 9.45. The second-order valence-electron chi connectivity index (χ2n) is 22.3. The minimum atomic E-state index is -1.54. The number of primary amides is 2. The molecule has 0 radical (unpaired) electrons.